The van der Waals surface area contributed by atoms with Gasteiger partial charge in [-0.3, -0.25) is 4.68 Å². The minimum absolute atomic E-state index is 0.155. The Balaban J connectivity index is 2.23. The largest absolute Gasteiger partial charge is 0.486 e. The number of ether oxygens (including phenoxy) is 1. The number of nitrogens with zero attached hydrogens (tertiary/aromatic N) is 2. The summed E-state index contributed by atoms with van der Waals surface area (Å²) in [5.41, 5.74) is 1.94. The number of hydrogen-bond acceptors (Lipinski definition) is 3. The summed E-state index contributed by atoms with van der Waals surface area (Å²) in [6.07, 6.45) is 0. The predicted octanol–water partition coefficient (Wildman–Crippen LogP) is 3.25. The summed E-state index contributed by atoms with van der Waals surface area (Å²) in [5, 5.41) is 13.5. The van der Waals surface area contributed by atoms with Gasteiger partial charge in [0, 0.05) is 6.54 Å². The molecule has 0 spiro atoms. The van der Waals surface area contributed by atoms with E-state index < -0.39 is 5.97 Å². The number of para-hydroxylation sites is 1. The molecule has 1 aromatic carbocycles. The van der Waals surface area contributed by atoms with Crippen LogP contribution < -0.4 is 4.74 Å². The number of hydrogen-bond donors (Lipinski definition) is 1. The van der Waals surface area contributed by atoms with E-state index in [2.05, 4.69) is 21.0 Å². The lowest BCUT2D eigenvalue weighted by atomic mass is 10.2. The van der Waals surface area contributed by atoms with E-state index >= 15 is 0 Å². The van der Waals surface area contributed by atoms with Crippen molar-refractivity contribution in [2.45, 2.75) is 27.0 Å². The number of aryl methyl sites for hydroxylation is 2. The number of halogens is 1. The van der Waals surface area contributed by atoms with E-state index in [-0.39, 0.29) is 12.2 Å². The Labute approximate surface area is 125 Å². The fourth-order valence-corrected chi connectivity index (χ4v) is 2.32. The lowest BCUT2D eigenvalue weighted by Crippen LogP contribution is -2.08. The molecule has 0 fully saturated rings. The van der Waals surface area contributed by atoms with Crippen molar-refractivity contribution >= 4 is 21.9 Å². The second kappa shape index (κ2) is 6.09. The summed E-state index contributed by atoms with van der Waals surface area (Å²) < 4.78 is 8.38. The molecule has 0 aliphatic carbocycles. The summed E-state index contributed by atoms with van der Waals surface area (Å²) >= 11 is 3.48. The van der Waals surface area contributed by atoms with E-state index in [0.29, 0.717) is 5.75 Å². The molecule has 0 aliphatic rings. The lowest BCUT2D eigenvalue weighted by Gasteiger charge is -2.10. The second-order valence-corrected chi connectivity index (χ2v) is 5.04. The van der Waals surface area contributed by atoms with Crippen LogP contribution in [0.15, 0.2) is 28.7 Å². The van der Waals surface area contributed by atoms with Crippen molar-refractivity contribution in [2.24, 2.45) is 0 Å². The van der Waals surface area contributed by atoms with Gasteiger partial charge in [-0.15, -0.1) is 0 Å². The molecule has 0 unspecified atom stereocenters. The first-order valence-electron chi connectivity index (χ1n) is 6.21. The summed E-state index contributed by atoms with van der Waals surface area (Å²) in [7, 11) is 0. The van der Waals surface area contributed by atoms with Crippen molar-refractivity contribution < 1.29 is 14.6 Å². The molecule has 0 saturated carbocycles. The highest BCUT2D eigenvalue weighted by Gasteiger charge is 2.15. The molecule has 0 atom stereocenters. The van der Waals surface area contributed by atoms with Gasteiger partial charge in [-0.25, -0.2) is 4.79 Å². The molecule has 0 radical (unpaired) electrons. The van der Waals surface area contributed by atoms with Crippen LogP contribution in [0.2, 0.25) is 0 Å². The minimum Gasteiger partial charge on any atom is -0.486 e. The fourth-order valence-electron chi connectivity index (χ4n) is 1.92. The van der Waals surface area contributed by atoms with Crippen molar-refractivity contribution in [1.29, 1.82) is 0 Å². The number of carboxylic acids is 1. The SMILES string of the molecule is CCn1nc(C)c(Br)c1COc1ccccc1C(=O)O. The summed E-state index contributed by atoms with van der Waals surface area (Å²) in [6.45, 7) is 4.89. The van der Waals surface area contributed by atoms with Gasteiger partial charge in [0.15, 0.2) is 0 Å². The Morgan fingerprint density at radius 3 is 2.80 bits per heavy atom. The zero-order valence-electron chi connectivity index (χ0n) is 11.3. The summed E-state index contributed by atoms with van der Waals surface area (Å²) in [5.74, 6) is -0.645. The van der Waals surface area contributed by atoms with Gasteiger partial charge in [-0.2, -0.15) is 5.10 Å². The Hall–Kier alpha value is -1.82. The van der Waals surface area contributed by atoms with Gasteiger partial charge in [-0.1, -0.05) is 12.1 Å². The maximum atomic E-state index is 11.1. The third kappa shape index (κ3) is 2.85. The topological polar surface area (TPSA) is 64.4 Å². The third-order valence-corrected chi connectivity index (χ3v) is 3.97. The quantitative estimate of drug-likeness (QED) is 0.908. The highest BCUT2D eigenvalue weighted by Crippen LogP contribution is 2.24. The van der Waals surface area contributed by atoms with E-state index in [1.165, 1.54) is 6.07 Å². The molecule has 0 aliphatic heterocycles. The maximum absolute atomic E-state index is 11.1. The number of rotatable bonds is 5. The van der Waals surface area contributed by atoms with E-state index in [0.717, 1.165) is 22.4 Å². The van der Waals surface area contributed by atoms with Crippen LogP contribution in [0.25, 0.3) is 0 Å². The van der Waals surface area contributed by atoms with E-state index in [1.807, 2.05) is 18.5 Å². The van der Waals surface area contributed by atoms with Crippen molar-refractivity contribution in [3.05, 3.63) is 45.7 Å². The molecule has 5 nitrogen and oxygen atoms in total. The zero-order valence-corrected chi connectivity index (χ0v) is 12.8. The summed E-state index contributed by atoms with van der Waals surface area (Å²) in [6, 6.07) is 6.60. The molecule has 20 heavy (non-hydrogen) atoms. The first-order valence-corrected chi connectivity index (χ1v) is 7.00. The normalized spacial score (nSPS) is 10.6. The molecule has 0 bridgehead atoms. The van der Waals surface area contributed by atoms with Gasteiger partial charge in [0.1, 0.15) is 17.9 Å². The minimum atomic E-state index is -1.00. The molecular weight excluding hydrogens is 324 g/mol. The zero-order chi connectivity index (χ0) is 14.7. The maximum Gasteiger partial charge on any atom is 0.339 e. The molecule has 0 saturated heterocycles. The Bertz CT molecular complexity index is 637. The van der Waals surface area contributed by atoms with Crippen molar-refractivity contribution in [3.63, 3.8) is 0 Å². The van der Waals surface area contributed by atoms with Crippen LogP contribution in [0.1, 0.15) is 28.7 Å². The van der Waals surface area contributed by atoms with E-state index in [1.54, 1.807) is 18.2 Å². The van der Waals surface area contributed by atoms with Crippen LogP contribution in [0, 0.1) is 6.92 Å². The van der Waals surface area contributed by atoms with Gasteiger partial charge in [0.25, 0.3) is 0 Å². The first kappa shape index (κ1) is 14.6. The number of carboxylic acid groups (broad SMARTS) is 1. The van der Waals surface area contributed by atoms with Crippen LogP contribution in [-0.2, 0) is 13.2 Å². The average molecular weight is 339 g/mol. The van der Waals surface area contributed by atoms with E-state index in [9.17, 15) is 4.79 Å². The molecule has 2 rings (SSSR count). The number of carbonyl (C=O) groups is 1. The molecule has 106 valence electrons. The van der Waals surface area contributed by atoms with Crippen LogP contribution in [0.3, 0.4) is 0 Å². The van der Waals surface area contributed by atoms with Crippen molar-refractivity contribution in [2.75, 3.05) is 0 Å². The molecule has 1 heterocycles. The molecular formula is C14H15BrN2O3. The molecule has 1 aromatic heterocycles. The van der Waals surface area contributed by atoms with Crippen LogP contribution >= 0.6 is 15.9 Å². The van der Waals surface area contributed by atoms with Crippen LogP contribution in [0.5, 0.6) is 5.75 Å². The van der Waals surface area contributed by atoms with Crippen molar-refractivity contribution in [3.8, 4) is 5.75 Å². The van der Waals surface area contributed by atoms with E-state index in [4.69, 9.17) is 9.84 Å². The molecule has 2 aromatic rings. The average Bonchev–Trinajstić information content (AvgIpc) is 2.72. The highest BCUT2D eigenvalue weighted by molar-refractivity contribution is 9.10. The van der Waals surface area contributed by atoms with Gasteiger partial charge < -0.3 is 9.84 Å². The first-order chi connectivity index (χ1) is 9.54. The predicted molar refractivity (Wildman–Crippen MR) is 78.1 cm³/mol. The van der Waals surface area contributed by atoms with Crippen molar-refractivity contribution in [1.82, 2.24) is 9.78 Å². The molecule has 6 heteroatoms. The number of benzene rings is 1. The summed E-state index contributed by atoms with van der Waals surface area (Å²) in [4.78, 5) is 11.1. The lowest BCUT2D eigenvalue weighted by molar-refractivity contribution is 0.0691. The van der Waals surface area contributed by atoms with Crippen LogP contribution in [-0.4, -0.2) is 20.9 Å². The fraction of sp³-hybridized carbons (Fsp3) is 0.286. The Morgan fingerprint density at radius 1 is 1.45 bits per heavy atom. The van der Waals surface area contributed by atoms with Gasteiger partial charge in [0.05, 0.1) is 15.9 Å². The number of aromatic nitrogens is 2. The highest BCUT2D eigenvalue weighted by atomic mass is 79.9. The molecule has 0 amide bonds. The standard InChI is InChI=1S/C14H15BrN2O3/c1-3-17-11(13(15)9(2)16-17)8-20-12-7-5-4-6-10(12)14(18)19/h4-7H,3,8H2,1-2H3,(H,18,19). The smallest absolute Gasteiger partial charge is 0.339 e. The monoisotopic (exact) mass is 338 g/mol. The number of aromatic carboxylic acids is 1. The second-order valence-electron chi connectivity index (χ2n) is 4.25. The Kier molecular flexibility index (Phi) is 4.44. The van der Waals surface area contributed by atoms with Gasteiger partial charge in [-0.05, 0) is 41.9 Å². The third-order valence-electron chi connectivity index (χ3n) is 2.93. The van der Waals surface area contributed by atoms with Gasteiger partial charge in [0.2, 0.25) is 0 Å². The molecule has 1 N–H and O–H groups in total. The van der Waals surface area contributed by atoms with Gasteiger partial charge >= 0.3 is 5.97 Å². The Morgan fingerprint density at radius 2 is 2.15 bits per heavy atom. The van der Waals surface area contributed by atoms with Crippen LogP contribution in [0.4, 0.5) is 0 Å².